The Bertz CT molecular complexity index is 248. The number of hydrogen-bond donors (Lipinski definition) is 1. The summed E-state index contributed by atoms with van der Waals surface area (Å²) >= 11 is -2.51. The van der Waals surface area contributed by atoms with E-state index in [1.54, 1.807) is 77.0 Å². The minimum atomic E-state index is -1.26. The molecule has 1 nitrogen and oxygen atoms in total. The van der Waals surface area contributed by atoms with Crippen LogP contribution in [0.25, 0.3) is 0 Å². The Morgan fingerprint density at radius 3 is 0.895 bits per heavy atom. The van der Waals surface area contributed by atoms with Gasteiger partial charge in [0.15, 0.2) is 0 Å². The summed E-state index contributed by atoms with van der Waals surface area (Å²) in [5.74, 6) is 0. The maximum atomic E-state index is 4.67. The Morgan fingerprint density at radius 2 is 0.737 bits per heavy atom. The van der Waals surface area contributed by atoms with Crippen molar-refractivity contribution < 1.29 is 0 Å². The summed E-state index contributed by atoms with van der Waals surface area (Å²) in [5, 5.41) is 0. The van der Waals surface area contributed by atoms with E-state index in [2.05, 4.69) is 1.20 Å². The molecule has 0 unspecified atom stereocenters. The van der Waals surface area contributed by atoms with Crippen LogP contribution in [-0.2, 0) is 0 Å². The Kier molecular flexibility index (Phi) is 4.87. The topological polar surface area (TPSA) is 12.0 Å². The van der Waals surface area contributed by atoms with E-state index in [-0.39, 0.29) is 0 Å². The molecule has 4 rings (SSSR count). The van der Waals surface area contributed by atoms with E-state index in [0.29, 0.717) is 0 Å². The van der Waals surface area contributed by atoms with Gasteiger partial charge in [0, 0.05) is 0 Å². The normalized spacial score (nSPS) is 30.0. The fourth-order valence-corrected chi connectivity index (χ4v) is 57.6. The van der Waals surface area contributed by atoms with Crippen LogP contribution < -0.4 is 1.20 Å². The van der Waals surface area contributed by atoms with Crippen molar-refractivity contribution in [3.8, 4) is 0 Å². The second kappa shape index (κ2) is 6.46. The second-order valence-corrected chi connectivity index (χ2v) is 32.5. The molecular weight excluding hydrogens is 624 g/mol. The number of nitrogens with one attached hydrogen (secondary N) is 1. The van der Waals surface area contributed by atoms with Crippen LogP contribution in [0.3, 0.4) is 0 Å². The third kappa shape index (κ3) is 2.96. The molecule has 1 N–H and O–H groups in total. The molecule has 0 amide bonds. The summed E-state index contributed by atoms with van der Waals surface area (Å²) < 4.78 is 9.88. The second-order valence-electron chi connectivity index (χ2n) is 7.25. The number of hydrogen-bond acceptors (Lipinski definition) is 1. The summed E-state index contributed by atoms with van der Waals surface area (Å²) in [5.41, 5.74) is 0. The van der Waals surface area contributed by atoms with Crippen LogP contribution >= 0.6 is 0 Å². The van der Waals surface area contributed by atoms with Crippen LogP contribution in [0.2, 0.25) is 14.5 Å². The van der Waals surface area contributed by atoms with E-state index < -0.39 is 44.1 Å². The standard InChI is InChI=1S/4C4H7.2Bi.HN/c4*1-2-4-3-1;;;/h4*1H,2-4H2;;;1H. The van der Waals surface area contributed by atoms with Crippen LogP contribution in [-0.4, -0.2) is 44.1 Å². The monoisotopic (exact) mass is 653 g/mol. The first-order valence-electron chi connectivity index (χ1n) is 8.75. The van der Waals surface area contributed by atoms with Gasteiger partial charge < -0.3 is 0 Å². The molecule has 0 aliphatic heterocycles. The third-order valence-corrected chi connectivity index (χ3v) is 43.9. The Balaban J connectivity index is 1.41. The van der Waals surface area contributed by atoms with E-state index in [9.17, 15) is 0 Å². The predicted octanol–water partition coefficient (Wildman–Crippen LogP) is 4.78. The molecule has 19 heavy (non-hydrogen) atoms. The van der Waals surface area contributed by atoms with Crippen molar-refractivity contribution in [1.82, 2.24) is 1.20 Å². The molecule has 0 heterocycles. The molecule has 0 spiro atoms. The van der Waals surface area contributed by atoms with Crippen molar-refractivity contribution in [3.63, 3.8) is 0 Å². The van der Waals surface area contributed by atoms with E-state index in [0.717, 1.165) is 0 Å². The summed E-state index contributed by atoms with van der Waals surface area (Å²) in [6.45, 7) is 0. The molecule has 0 atom stereocenters. The van der Waals surface area contributed by atoms with E-state index in [1.165, 1.54) is 14.5 Å². The summed E-state index contributed by atoms with van der Waals surface area (Å²) in [6, 6.07) is 0. The van der Waals surface area contributed by atoms with Crippen molar-refractivity contribution in [2.75, 3.05) is 0 Å². The Labute approximate surface area is 135 Å². The van der Waals surface area contributed by atoms with Gasteiger partial charge in [0.25, 0.3) is 0 Å². The average molecular weight is 653 g/mol. The molecule has 4 fully saturated rings. The van der Waals surface area contributed by atoms with Crippen molar-refractivity contribution in [2.45, 2.75) is 91.6 Å². The molecule has 4 aliphatic rings. The van der Waals surface area contributed by atoms with Gasteiger partial charge in [0.2, 0.25) is 0 Å². The fraction of sp³-hybridized carbons (Fsp3) is 1.00. The molecular formula is C16H29Bi2N. The van der Waals surface area contributed by atoms with E-state index in [4.69, 9.17) is 0 Å². The molecule has 3 heteroatoms. The Hall–Kier alpha value is 1.73. The van der Waals surface area contributed by atoms with Gasteiger partial charge >= 0.3 is 137 Å². The molecule has 108 valence electrons. The first-order chi connectivity index (χ1) is 9.42. The third-order valence-electron chi connectivity index (χ3n) is 6.10. The quantitative estimate of drug-likeness (QED) is 0.408. The summed E-state index contributed by atoms with van der Waals surface area (Å²) in [7, 11) is 0. The summed E-state index contributed by atoms with van der Waals surface area (Å²) in [4.78, 5) is 0. The fourth-order valence-electron chi connectivity index (χ4n) is 3.72. The Morgan fingerprint density at radius 1 is 0.474 bits per heavy atom. The summed E-state index contributed by atoms with van der Waals surface area (Å²) in [6.07, 6.45) is 19.5. The molecule has 4 saturated carbocycles. The van der Waals surface area contributed by atoms with Crippen molar-refractivity contribution in [3.05, 3.63) is 0 Å². The van der Waals surface area contributed by atoms with Crippen LogP contribution in [0.5, 0.6) is 0 Å². The zero-order valence-electron chi connectivity index (χ0n) is 12.2. The van der Waals surface area contributed by atoms with Gasteiger partial charge in [-0.1, -0.05) is 0 Å². The van der Waals surface area contributed by atoms with Gasteiger partial charge in [0.1, 0.15) is 0 Å². The van der Waals surface area contributed by atoms with Crippen LogP contribution in [0.1, 0.15) is 77.0 Å². The molecule has 0 aromatic heterocycles. The number of rotatable bonds is 6. The zero-order valence-corrected chi connectivity index (χ0v) is 19.1. The van der Waals surface area contributed by atoms with Crippen molar-refractivity contribution >= 4 is 44.1 Å². The van der Waals surface area contributed by atoms with Gasteiger partial charge in [-0.2, -0.15) is 0 Å². The van der Waals surface area contributed by atoms with Crippen molar-refractivity contribution in [2.24, 2.45) is 0 Å². The molecule has 0 bridgehead atoms. The van der Waals surface area contributed by atoms with Crippen LogP contribution in [0.4, 0.5) is 0 Å². The first-order valence-corrected chi connectivity index (χ1v) is 20.3. The zero-order chi connectivity index (χ0) is 12.7. The maximum absolute atomic E-state index is 4.67. The van der Waals surface area contributed by atoms with Gasteiger partial charge in [-0.05, 0) is 0 Å². The van der Waals surface area contributed by atoms with E-state index in [1.807, 2.05) is 0 Å². The predicted molar refractivity (Wildman–Crippen MR) is 85.0 cm³/mol. The van der Waals surface area contributed by atoms with Crippen molar-refractivity contribution in [1.29, 1.82) is 0 Å². The van der Waals surface area contributed by atoms with Crippen LogP contribution in [0.15, 0.2) is 0 Å². The minimum absolute atomic E-state index is 1.26. The molecule has 0 radical (unpaired) electrons. The molecule has 0 aromatic carbocycles. The molecule has 4 aliphatic carbocycles. The molecule has 0 saturated heterocycles. The van der Waals surface area contributed by atoms with Crippen LogP contribution in [0, 0.1) is 0 Å². The van der Waals surface area contributed by atoms with Gasteiger partial charge in [-0.3, -0.25) is 0 Å². The first kappa shape index (κ1) is 14.3. The van der Waals surface area contributed by atoms with Gasteiger partial charge in [0.05, 0.1) is 0 Å². The van der Waals surface area contributed by atoms with E-state index >= 15 is 0 Å². The van der Waals surface area contributed by atoms with Gasteiger partial charge in [-0.15, -0.1) is 0 Å². The van der Waals surface area contributed by atoms with Gasteiger partial charge in [-0.25, -0.2) is 0 Å². The molecule has 0 aromatic rings. The average Bonchev–Trinajstić information content (AvgIpc) is 2.05. The SMILES string of the molecule is C1C[CH]([Bi]([NH][Bi]([CH]2CCC2)[CH]2CCC2)[CH]2CCC2)C1.